The number of nitrogens with zero attached hydrogens (tertiary/aromatic N) is 1. The number of hydrogen-bond acceptors (Lipinski definition) is 4. The second kappa shape index (κ2) is 9.31. The highest BCUT2D eigenvalue weighted by Gasteiger charge is 2.32. The molecule has 1 N–H and O–H groups in total. The van der Waals surface area contributed by atoms with E-state index in [9.17, 15) is 13.2 Å². The molecule has 0 aliphatic carbocycles. The predicted molar refractivity (Wildman–Crippen MR) is 117 cm³/mol. The Balaban J connectivity index is 2.36. The lowest BCUT2D eigenvalue weighted by Gasteiger charge is -2.31. The van der Waals surface area contributed by atoms with Crippen LogP contribution in [0.5, 0.6) is 5.75 Å². The van der Waals surface area contributed by atoms with Crippen molar-refractivity contribution in [2.75, 3.05) is 17.7 Å². The van der Waals surface area contributed by atoms with Gasteiger partial charge < -0.3 is 10.1 Å². The molecule has 2 aromatic carbocycles. The van der Waals surface area contributed by atoms with Gasteiger partial charge >= 0.3 is 0 Å². The lowest BCUT2D eigenvalue weighted by Crippen LogP contribution is -2.49. The van der Waals surface area contributed by atoms with Crippen molar-refractivity contribution in [1.82, 2.24) is 5.32 Å². The number of rotatable bonds is 8. The molecule has 0 saturated carbocycles. The molecule has 2 atom stereocenters. The summed E-state index contributed by atoms with van der Waals surface area (Å²) in [5.41, 5.74) is 3.59. The number of hydrogen-bond donors (Lipinski definition) is 1. The van der Waals surface area contributed by atoms with E-state index in [0.29, 0.717) is 17.9 Å². The van der Waals surface area contributed by atoms with Crippen LogP contribution in [-0.4, -0.2) is 33.7 Å². The Bertz CT molecular complexity index is 973. The van der Waals surface area contributed by atoms with Crippen LogP contribution in [0.1, 0.15) is 43.0 Å². The summed E-state index contributed by atoms with van der Waals surface area (Å²) < 4.78 is 31.6. The van der Waals surface area contributed by atoms with Crippen LogP contribution in [-0.2, 0) is 14.8 Å². The van der Waals surface area contributed by atoms with E-state index in [1.165, 1.54) is 11.4 Å². The predicted octanol–water partition coefficient (Wildman–Crippen LogP) is 3.73. The van der Waals surface area contributed by atoms with E-state index >= 15 is 0 Å². The number of methoxy groups -OCH3 is 1. The van der Waals surface area contributed by atoms with Crippen molar-refractivity contribution in [2.24, 2.45) is 0 Å². The largest absolute Gasteiger partial charge is 0.497 e. The maximum absolute atomic E-state index is 13.1. The molecule has 0 bridgehead atoms. The lowest BCUT2D eigenvalue weighted by atomic mass is 9.99. The number of benzene rings is 2. The average molecular weight is 419 g/mol. The molecule has 0 aliphatic rings. The van der Waals surface area contributed by atoms with Gasteiger partial charge in [0.2, 0.25) is 15.9 Å². The second-order valence-electron chi connectivity index (χ2n) is 7.27. The average Bonchev–Trinajstić information content (AvgIpc) is 2.66. The Kier molecular flexibility index (Phi) is 7.30. The normalized spacial score (nSPS) is 13.4. The summed E-state index contributed by atoms with van der Waals surface area (Å²) in [5, 5.41) is 2.99. The first-order valence-corrected chi connectivity index (χ1v) is 11.4. The van der Waals surface area contributed by atoms with Gasteiger partial charge in [-0.05, 0) is 50.5 Å². The van der Waals surface area contributed by atoms with Crippen LogP contribution in [0.15, 0.2) is 42.5 Å². The molecule has 1 amide bonds. The SMILES string of the molecule is CCC(C(=O)NC(C)c1cc(C)ccc1C)N(c1cccc(OC)c1)S(C)(=O)=O. The van der Waals surface area contributed by atoms with Crippen molar-refractivity contribution in [1.29, 1.82) is 0 Å². The van der Waals surface area contributed by atoms with E-state index in [0.717, 1.165) is 22.9 Å². The van der Waals surface area contributed by atoms with Crippen molar-refractivity contribution in [3.05, 3.63) is 59.2 Å². The van der Waals surface area contributed by atoms with Crippen LogP contribution in [0.3, 0.4) is 0 Å². The van der Waals surface area contributed by atoms with Gasteiger partial charge in [-0.2, -0.15) is 0 Å². The van der Waals surface area contributed by atoms with Crippen LogP contribution in [0, 0.1) is 13.8 Å². The molecule has 0 fully saturated rings. The molecule has 0 spiro atoms. The third kappa shape index (κ3) is 5.50. The first-order valence-electron chi connectivity index (χ1n) is 9.59. The van der Waals surface area contributed by atoms with E-state index in [-0.39, 0.29) is 11.9 Å². The van der Waals surface area contributed by atoms with Gasteiger partial charge in [0, 0.05) is 6.07 Å². The Morgan fingerprint density at radius 2 is 1.86 bits per heavy atom. The van der Waals surface area contributed by atoms with Crippen molar-refractivity contribution in [3.8, 4) is 5.75 Å². The van der Waals surface area contributed by atoms with Gasteiger partial charge in [0.05, 0.1) is 25.1 Å². The standard InChI is InChI=1S/C22H30N2O4S/c1-7-21(22(25)23-17(4)20-13-15(2)11-12-16(20)3)24(29(6,26)27)18-9-8-10-19(14-18)28-5/h8-14,17,21H,7H2,1-6H3,(H,23,25). The van der Waals surface area contributed by atoms with E-state index in [2.05, 4.69) is 5.32 Å². The molecule has 7 heteroatoms. The Morgan fingerprint density at radius 3 is 2.45 bits per heavy atom. The molecule has 0 heterocycles. The first-order chi connectivity index (χ1) is 13.6. The van der Waals surface area contributed by atoms with Gasteiger partial charge in [-0.1, -0.05) is 36.8 Å². The van der Waals surface area contributed by atoms with Gasteiger partial charge in [0.15, 0.2) is 0 Å². The molecule has 0 aliphatic heterocycles. The number of carbonyl (C=O) groups is 1. The molecule has 0 aromatic heterocycles. The van der Waals surface area contributed by atoms with E-state index in [1.54, 1.807) is 31.2 Å². The lowest BCUT2D eigenvalue weighted by molar-refractivity contribution is -0.122. The zero-order valence-electron chi connectivity index (χ0n) is 17.9. The molecule has 2 unspecified atom stereocenters. The Hall–Kier alpha value is -2.54. The number of sulfonamides is 1. The Morgan fingerprint density at radius 1 is 1.17 bits per heavy atom. The minimum absolute atomic E-state index is 0.247. The molecule has 2 aromatic rings. The fraction of sp³-hybridized carbons (Fsp3) is 0.409. The maximum atomic E-state index is 13.1. The van der Waals surface area contributed by atoms with Gasteiger partial charge in [0.25, 0.3) is 0 Å². The zero-order valence-corrected chi connectivity index (χ0v) is 18.7. The molecular weight excluding hydrogens is 388 g/mol. The number of carbonyl (C=O) groups excluding carboxylic acids is 1. The van der Waals surface area contributed by atoms with Crippen molar-refractivity contribution >= 4 is 21.6 Å². The molecular formula is C22H30N2O4S. The summed E-state index contributed by atoms with van der Waals surface area (Å²) in [4.78, 5) is 13.1. The molecule has 0 radical (unpaired) electrons. The summed E-state index contributed by atoms with van der Waals surface area (Å²) >= 11 is 0. The van der Waals surface area contributed by atoms with E-state index < -0.39 is 16.1 Å². The smallest absolute Gasteiger partial charge is 0.244 e. The molecule has 6 nitrogen and oxygen atoms in total. The summed E-state index contributed by atoms with van der Waals surface area (Å²) in [7, 11) is -2.18. The third-order valence-corrected chi connectivity index (χ3v) is 6.08. The van der Waals surface area contributed by atoms with E-state index in [4.69, 9.17) is 4.74 Å². The van der Waals surface area contributed by atoms with Crippen LogP contribution in [0.2, 0.25) is 0 Å². The number of ether oxygens (including phenoxy) is 1. The summed E-state index contributed by atoms with van der Waals surface area (Å²) in [6, 6.07) is 11.7. The van der Waals surface area contributed by atoms with E-state index in [1.807, 2.05) is 39.0 Å². The minimum atomic E-state index is -3.70. The van der Waals surface area contributed by atoms with Gasteiger partial charge in [-0.15, -0.1) is 0 Å². The number of anilines is 1. The molecule has 2 rings (SSSR count). The van der Waals surface area contributed by atoms with Crippen LogP contribution >= 0.6 is 0 Å². The second-order valence-corrected chi connectivity index (χ2v) is 9.13. The van der Waals surface area contributed by atoms with Crippen molar-refractivity contribution < 1.29 is 17.9 Å². The number of amides is 1. The van der Waals surface area contributed by atoms with Crippen molar-refractivity contribution in [3.63, 3.8) is 0 Å². The maximum Gasteiger partial charge on any atom is 0.244 e. The summed E-state index contributed by atoms with van der Waals surface area (Å²) in [5.74, 6) is 0.185. The quantitative estimate of drug-likeness (QED) is 0.709. The highest BCUT2D eigenvalue weighted by atomic mass is 32.2. The highest BCUT2D eigenvalue weighted by Crippen LogP contribution is 2.27. The fourth-order valence-electron chi connectivity index (χ4n) is 3.42. The van der Waals surface area contributed by atoms with Crippen LogP contribution in [0.25, 0.3) is 0 Å². The monoisotopic (exact) mass is 418 g/mol. The molecule has 29 heavy (non-hydrogen) atoms. The third-order valence-electron chi connectivity index (χ3n) is 4.90. The van der Waals surface area contributed by atoms with Crippen molar-refractivity contribution in [2.45, 2.75) is 46.2 Å². The fourth-order valence-corrected chi connectivity index (χ4v) is 4.63. The number of aryl methyl sites for hydroxylation is 2. The summed E-state index contributed by atoms with van der Waals surface area (Å²) in [6.45, 7) is 7.70. The molecule has 158 valence electrons. The highest BCUT2D eigenvalue weighted by molar-refractivity contribution is 7.92. The van der Waals surface area contributed by atoms with Gasteiger partial charge in [0.1, 0.15) is 11.8 Å². The molecule has 0 saturated heterocycles. The zero-order chi connectivity index (χ0) is 21.8. The topological polar surface area (TPSA) is 75.7 Å². The first kappa shape index (κ1) is 22.7. The van der Waals surface area contributed by atoms with Crippen LogP contribution < -0.4 is 14.4 Å². The van der Waals surface area contributed by atoms with Crippen LogP contribution in [0.4, 0.5) is 5.69 Å². The van der Waals surface area contributed by atoms with Gasteiger partial charge in [-0.25, -0.2) is 8.42 Å². The Labute approximate surface area is 173 Å². The number of nitrogens with one attached hydrogen (secondary N) is 1. The minimum Gasteiger partial charge on any atom is -0.497 e. The van der Waals surface area contributed by atoms with Gasteiger partial charge in [-0.3, -0.25) is 9.10 Å². The summed E-state index contributed by atoms with van der Waals surface area (Å²) in [6.07, 6.45) is 1.44.